The molecule has 0 spiro atoms. The van der Waals surface area contributed by atoms with Gasteiger partial charge in [0, 0.05) is 42.3 Å². The molecule has 1 unspecified atom stereocenters. The predicted molar refractivity (Wildman–Crippen MR) is 123 cm³/mol. The normalized spacial score (nSPS) is 17.2. The van der Waals surface area contributed by atoms with Crippen molar-refractivity contribution in [2.45, 2.75) is 23.9 Å². The Labute approximate surface area is 189 Å². The number of anilines is 2. The van der Waals surface area contributed by atoms with Crippen LogP contribution < -0.4 is 10.0 Å². The Bertz CT molecular complexity index is 1120. The molecule has 1 aliphatic rings. The van der Waals surface area contributed by atoms with Crippen molar-refractivity contribution in [3.63, 3.8) is 0 Å². The van der Waals surface area contributed by atoms with Crippen molar-refractivity contribution in [2.75, 3.05) is 23.1 Å². The number of nitrogens with zero attached hydrogens (tertiary/aromatic N) is 2. The average molecular weight is 483 g/mol. The van der Waals surface area contributed by atoms with E-state index in [4.69, 9.17) is 23.2 Å². The Morgan fingerprint density at radius 3 is 2.80 bits per heavy atom. The summed E-state index contributed by atoms with van der Waals surface area (Å²) >= 11 is 13.7. The zero-order valence-corrected chi connectivity index (χ0v) is 19.0. The second-order valence-corrected chi connectivity index (χ2v) is 10.5. The molecule has 1 atom stereocenters. The van der Waals surface area contributed by atoms with Gasteiger partial charge in [-0.05, 0) is 42.3 Å². The lowest BCUT2D eigenvalue weighted by Gasteiger charge is -2.18. The van der Waals surface area contributed by atoms with Crippen LogP contribution in [0, 0.1) is 0 Å². The molecule has 1 aliphatic heterocycles. The first-order valence-electron chi connectivity index (χ1n) is 9.34. The van der Waals surface area contributed by atoms with Crippen LogP contribution in [0.5, 0.6) is 0 Å². The number of benzene rings is 2. The Balaban J connectivity index is 1.38. The second-order valence-electron chi connectivity index (χ2n) is 7.08. The third-order valence-electron chi connectivity index (χ3n) is 4.83. The minimum atomic E-state index is -3.73. The van der Waals surface area contributed by atoms with Gasteiger partial charge in [0.25, 0.3) is 10.0 Å². The average Bonchev–Trinajstić information content (AvgIpc) is 3.35. The molecule has 0 radical (unpaired) electrons. The Hall–Kier alpha value is -1.84. The lowest BCUT2D eigenvalue weighted by Crippen LogP contribution is -2.26. The molecule has 6 nitrogen and oxygen atoms in total. The number of nitrogens with one attached hydrogen (secondary N) is 2. The van der Waals surface area contributed by atoms with Crippen LogP contribution in [0.2, 0.25) is 10.0 Å². The standard InChI is InChI=1S/C20H20Cl2N4O2S2/c21-15-3-1-2-14(10-15)12-26-8-6-16(13-26)24-19-5-4-17(11-18(19)22)30(27,28)25-20-23-7-9-29-20/h1-5,7,9-11,16,24H,6,8,12-13H2,(H,23,25). The third kappa shape index (κ3) is 5.25. The van der Waals surface area contributed by atoms with E-state index in [0.717, 1.165) is 36.8 Å². The SMILES string of the molecule is O=S(=O)(Nc1nccs1)c1ccc(NC2CCN(Cc3cccc(Cl)c3)C2)c(Cl)c1. The van der Waals surface area contributed by atoms with Crippen LogP contribution in [0.4, 0.5) is 10.8 Å². The summed E-state index contributed by atoms with van der Waals surface area (Å²) in [5, 5.41) is 6.57. The number of thiazole rings is 1. The molecule has 4 rings (SSSR count). The van der Waals surface area contributed by atoms with E-state index < -0.39 is 10.0 Å². The van der Waals surface area contributed by atoms with Gasteiger partial charge >= 0.3 is 0 Å². The molecule has 158 valence electrons. The highest BCUT2D eigenvalue weighted by Gasteiger charge is 2.24. The molecular formula is C20H20Cl2N4O2S2. The molecule has 1 aromatic heterocycles. The number of sulfonamides is 1. The fourth-order valence-corrected chi connectivity index (χ4v) is 5.76. The zero-order chi connectivity index (χ0) is 21.1. The van der Waals surface area contributed by atoms with E-state index in [9.17, 15) is 8.42 Å². The van der Waals surface area contributed by atoms with Gasteiger partial charge in [0.15, 0.2) is 5.13 Å². The van der Waals surface area contributed by atoms with Gasteiger partial charge in [0.2, 0.25) is 0 Å². The highest BCUT2D eigenvalue weighted by atomic mass is 35.5. The Morgan fingerprint density at radius 2 is 2.07 bits per heavy atom. The summed E-state index contributed by atoms with van der Waals surface area (Å²) in [5.41, 5.74) is 1.91. The van der Waals surface area contributed by atoms with Gasteiger partial charge in [0.1, 0.15) is 0 Å². The van der Waals surface area contributed by atoms with Gasteiger partial charge in [-0.15, -0.1) is 11.3 Å². The Morgan fingerprint density at radius 1 is 1.20 bits per heavy atom. The summed E-state index contributed by atoms with van der Waals surface area (Å²) in [4.78, 5) is 6.40. The first-order chi connectivity index (χ1) is 14.4. The first-order valence-corrected chi connectivity index (χ1v) is 12.5. The molecule has 10 heteroatoms. The summed E-state index contributed by atoms with van der Waals surface area (Å²) < 4.78 is 27.5. The van der Waals surface area contributed by atoms with Crippen molar-refractivity contribution in [3.8, 4) is 0 Å². The quantitative estimate of drug-likeness (QED) is 0.498. The smallest absolute Gasteiger partial charge is 0.263 e. The largest absolute Gasteiger partial charge is 0.380 e. The number of aromatic nitrogens is 1. The van der Waals surface area contributed by atoms with Crippen LogP contribution in [0.25, 0.3) is 0 Å². The molecule has 2 N–H and O–H groups in total. The summed E-state index contributed by atoms with van der Waals surface area (Å²) in [6.45, 7) is 2.67. The molecule has 2 heterocycles. The molecule has 0 saturated carbocycles. The number of hydrogen-bond donors (Lipinski definition) is 2. The molecule has 1 fully saturated rings. The van der Waals surface area contributed by atoms with Crippen molar-refractivity contribution in [1.29, 1.82) is 0 Å². The minimum Gasteiger partial charge on any atom is -0.380 e. The lowest BCUT2D eigenvalue weighted by atomic mass is 10.2. The zero-order valence-electron chi connectivity index (χ0n) is 15.9. The lowest BCUT2D eigenvalue weighted by molar-refractivity contribution is 0.328. The molecule has 1 saturated heterocycles. The highest BCUT2D eigenvalue weighted by Crippen LogP contribution is 2.29. The van der Waals surface area contributed by atoms with Gasteiger partial charge in [-0.3, -0.25) is 9.62 Å². The number of likely N-dealkylation sites (tertiary alicyclic amines) is 1. The van der Waals surface area contributed by atoms with E-state index in [-0.39, 0.29) is 10.9 Å². The van der Waals surface area contributed by atoms with Crippen molar-refractivity contribution in [2.24, 2.45) is 0 Å². The molecule has 0 bridgehead atoms. The van der Waals surface area contributed by atoms with Crippen molar-refractivity contribution >= 4 is 55.4 Å². The molecule has 30 heavy (non-hydrogen) atoms. The molecule has 3 aromatic rings. The second kappa shape index (κ2) is 9.11. The summed E-state index contributed by atoms with van der Waals surface area (Å²) in [5.74, 6) is 0. The summed E-state index contributed by atoms with van der Waals surface area (Å²) in [7, 11) is -3.73. The van der Waals surface area contributed by atoms with Gasteiger partial charge in [-0.25, -0.2) is 13.4 Å². The minimum absolute atomic E-state index is 0.0993. The van der Waals surface area contributed by atoms with Gasteiger partial charge in [0.05, 0.1) is 15.6 Å². The number of hydrogen-bond acceptors (Lipinski definition) is 6. The maximum atomic E-state index is 12.5. The molecule has 2 aromatic carbocycles. The Kier molecular flexibility index (Phi) is 6.50. The summed E-state index contributed by atoms with van der Waals surface area (Å²) in [6.07, 6.45) is 2.52. The van der Waals surface area contributed by atoms with Crippen molar-refractivity contribution in [1.82, 2.24) is 9.88 Å². The van der Waals surface area contributed by atoms with Crippen molar-refractivity contribution in [3.05, 3.63) is 69.7 Å². The third-order valence-corrected chi connectivity index (χ3v) is 7.53. The number of halogens is 2. The maximum absolute atomic E-state index is 12.5. The highest BCUT2D eigenvalue weighted by molar-refractivity contribution is 7.93. The monoisotopic (exact) mass is 482 g/mol. The van der Waals surface area contributed by atoms with Gasteiger partial charge in [-0.2, -0.15) is 0 Å². The van der Waals surface area contributed by atoms with Crippen LogP contribution in [0.3, 0.4) is 0 Å². The van der Waals surface area contributed by atoms with E-state index in [1.54, 1.807) is 23.7 Å². The molecule has 0 aliphatic carbocycles. The first kappa shape index (κ1) is 21.4. The van der Waals surface area contributed by atoms with E-state index in [0.29, 0.717) is 10.2 Å². The van der Waals surface area contributed by atoms with Crippen LogP contribution in [-0.2, 0) is 16.6 Å². The topological polar surface area (TPSA) is 74.3 Å². The van der Waals surface area contributed by atoms with E-state index >= 15 is 0 Å². The molecular weight excluding hydrogens is 463 g/mol. The molecule has 0 amide bonds. The maximum Gasteiger partial charge on any atom is 0.263 e. The predicted octanol–water partition coefficient (Wildman–Crippen LogP) is 4.94. The van der Waals surface area contributed by atoms with Crippen molar-refractivity contribution < 1.29 is 8.42 Å². The van der Waals surface area contributed by atoms with E-state index in [1.807, 2.05) is 18.2 Å². The number of rotatable bonds is 7. The van der Waals surface area contributed by atoms with Crippen LogP contribution in [-0.4, -0.2) is 37.4 Å². The van der Waals surface area contributed by atoms with E-state index in [2.05, 4.69) is 26.0 Å². The summed E-state index contributed by atoms with van der Waals surface area (Å²) in [6, 6.07) is 12.8. The van der Waals surface area contributed by atoms with Crippen LogP contribution >= 0.6 is 34.5 Å². The van der Waals surface area contributed by atoms with E-state index in [1.165, 1.54) is 23.0 Å². The fourth-order valence-electron chi connectivity index (χ4n) is 3.44. The van der Waals surface area contributed by atoms with Gasteiger partial charge in [-0.1, -0.05) is 35.3 Å². The fraction of sp³-hybridized carbons (Fsp3) is 0.250. The van der Waals surface area contributed by atoms with Crippen LogP contribution in [0.1, 0.15) is 12.0 Å². The van der Waals surface area contributed by atoms with Gasteiger partial charge < -0.3 is 5.32 Å². The van der Waals surface area contributed by atoms with Crippen LogP contribution in [0.15, 0.2) is 58.9 Å².